The quantitative estimate of drug-likeness (QED) is 0.557. The lowest BCUT2D eigenvalue weighted by Crippen LogP contribution is -2.46. The number of ether oxygens (including phenoxy) is 2. The number of hydrogen-bond donors (Lipinski definition) is 0. The highest BCUT2D eigenvalue weighted by molar-refractivity contribution is 5.85. The molecule has 2 aromatic carbocycles. The van der Waals surface area contributed by atoms with Crippen LogP contribution in [0.3, 0.4) is 0 Å². The molecule has 1 spiro atoms. The van der Waals surface area contributed by atoms with Crippen molar-refractivity contribution >= 4 is 24.4 Å². The highest BCUT2D eigenvalue weighted by atomic mass is 35.5. The predicted octanol–water partition coefficient (Wildman–Crippen LogP) is 4.41. The van der Waals surface area contributed by atoms with E-state index in [4.69, 9.17) is 9.47 Å². The van der Waals surface area contributed by atoms with E-state index in [9.17, 15) is 9.59 Å². The maximum absolute atomic E-state index is 13.5. The molecule has 2 atom stereocenters. The summed E-state index contributed by atoms with van der Waals surface area (Å²) in [6.45, 7) is 5.69. The molecule has 8 heteroatoms. The second kappa shape index (κ2) is 11.7. The molecule has 3 saturated heterocycles. The summed E-state index contributed by atoms with van der Waals surface area (Å²) in [6, 6.07) is 18.5. The zero-order valence-electron chi connectivity index (χ0n) is 21.8. The van der Waals surface area contributed by atoms with Gasteiger partial charge in [0.05, 0.1) is 19.6 Å². The summed E-state index contributed by atoms with van der Waals surface area (Å²) < 4.78 is 10.3. The molecule has 200 valence electrons. The molecular formula is C29H38ClN3O4. The summed E-state index contributed by atoms with van der Waals surface area (Å²) in [6.07, 6.45) is 2.52. The largest absolute Gasteiger partial charge is 0.497 e. The lowest BCUT2D eigenvalue weighted by molar-refractivity contribution is -0.139. The summed E-state index contributed by atoms with van der Waals surface area (Å²) >= 11 is 0. The van der Waals surface area contributed by atoms with Crippen LogP contribution < -0.4 is 4.74 Å². The van der Waals surface area contributed by atoms with Crippen molar-refractivity contribution in [3.8, 4) is 5.75 Å². The summed E-state index contributed by atoms with van der Waals surface area (Å²) in [5.74, 6) is 1.81. The van der Waals surface area contributed by atoms with Crippen molar-refractivity contribution in [1.29, 1.82) is 0 Å². The Balaban J connectivity index is 0.00000320. The number of halogens is 1. The minimum Gasteiger partial charge on any atom is -0.497 e. The molecule has 5 rings (SSSR count). The molecule has 3 aliphatic heterocycles. The van der Waals surface area contributed by atoms with Crippen LogP contribution >= 0.6 is 12.4 Å². The van der Waals surface area contributed by atoms with Crippen LogP contribution in [0.2, 0.25) is 0 Å². The van der Waals surface area contributed by atoms with E-state index in [0.717, 1.165) is 56.8 Å². The van der Waals surface area contributed by atoms with E-state index in [1.165, 1.54) is 12.7 Å². The lowest BCUT2D eigenvalue weighted by atomic mass is 9.76. The summed E-state index contributed by atoms with van der Waals surface area (Å²) in [4.78, 5) is 32.1. The normalized spacial score (nSPS) is 23.2. The van der Waals surface area contributed by atoms with E-state index in [1.807, 2.05) is 40.1 Å². The fourth-order valence-electron chi connectivity index (χ4n) is 6.37. The van der Waals surface area contributed by atoms with Gasteiger partial charge in [-0.15, -0.1) is 12.4 Å². The molecule has 2 amide bonds. The van der Waals surface area contributed by atoms with Crippen LogP contribution in [0.1, 0.15) is 36.3 Å². The Hall–Kier alpha value is -2.77. The predicted molar refractivity (Wildman–Crippen MR) is 145 cm³/mol. The summed E-state index contributed by atoms with van der Waals surface area (Å²) in [7, 11) is 3.12. The van der Waals surface area contributed by atoms with Crippen LogP contribution in [0.5, 0.6) is 5.75 Å². The van der Waals surface area contributed by atoms with Gasteiger partial charge in [0.15, 0.2) is 0 Å². The number of carbonyl (C=O) groups excluding carboxylic acids is 2. The standard InChI is InChI=1S/C29H37N3O4.ClH/c1-35-25-10-8-22(9-11-25)18-31-17-14-29(27(31)33)12-15-30(16-13-29)19-24-20-32(28(34)36-2)21-26(24)23-6-4-3-5-7-23;/h3-11,24,26H,12-21H2,1-2H3;1H/t24-,26+;/m0./s1. The number of carbonyl (C=O) groups is 2. The maximum atomic E-state index is 13.5. The Bertz CT molecular complexity index is 1060. The molecule has 7 nitrogen and oxygen atoms in total. The van der Waals surface area contributed by atoms with Crippen molar-refractivity contribution in [2.75, 3.05) is 53.5 Å². The van der Waals surface area contributed by atoms with Crippen molar-refractivity contribution in [2.24, 2.45) is 11.3 Å². The molecular weight excluding hydrogens is 490 g/mol. The van der Waals surface area contributed by atoms with Crippen molar-refractivity contribution in [3.05, 3.63) is 65.7 Å². The van der Waals surface area contributed by atoms with Crippen LogP contribution in [-0.4, -0.2) is 80.2 Å². The second-order valence-corrected chi connectivity index (χ2v) is 10.6. The van der Waals surface area contributed by atoms with E-state index in [1.54, 1.807) is 7.11 Å². The van der Waals surface area contributed by atoms with Crippen LogP contribution in [0.15, 0.2) is 54.6 Å². The Labute approximate surface area is 226 Å². The maximum Gasteiger partial charge on any atom is 0.409 e. The molecule has 0 saturated carbocycles. The smallest absolute Gasteiger partial charge is 0.409 e. The van der Waals surface area contributed by atoms with Gasteiger partial charge in [-0.1, -0.05) is 42.5 Å². The van der Waals surface area contributed by atoms with Gasteiger partial charge in [-0.25, -0.2) is 4.79 Å². The van der Waals surface area contributed by atoms with Crippen LogP contribution in [0.25, 0.3) is 0 Å². The number of likely N-dealkylation sites (tertiary alicyclic amines) is 3. The van der Waals surface area contributed by atoms with E-state index in [0.29, 0.717) is 37.4 Å². The van der Waals surface area contributed by atoms with Gasteiger partial charge in [-0.3, -0.25) is 4.79 Å². The Morgan fingerprint density at radius 2 is 1.62 bits per heavy atom. The average Bonchev–Trinajstić information content (AvgIpc) is 3.47. The fraction of sp³-hybridized carbons (Fsp3) is 0.517. The van der Waals surface area contributed by atoms with Crippen LogP contribution in [-0.2, 0) is 16.1 Å². The zero-order valence-corrected chi connectivity index (χ0v) is 22.6. The zero-order chi connectivity index (χ0) is 25.1. The minimum atomic E-state index is -0.246. The van der Waals surface area contributed by atoms with Gasteiger partial charge in [0.2, 0.25) is 5.91 Å². The van der Waals surface area contributed by atoms with Crippen LogP contribution in [0.4, 0.5) is 4.79 Å². The van der Waals surface area contributed by atoms with Crippen molar-refractivity contribution < 1.29 is 19.1 Å². The molecule has 37 heavy (non-hydrogen) atoms. The average molecular weight is 528 g/mol. The Kier molecular flexibility index (Phi) is 8.65. The summed E-state index contributed by atoms with van der Waals surface area (Å²) in [5, 5.41) is 0. The molecule has 0 aliphatic carbocycles. The topological polar surface area (TPSA) is 62.3 Å². The first-order valence-electron chi connectivity index (χ1n) is 13.0. The number of piperidine rings is 1. The van der Waals surface area contributed by atoms with Gasteiger partial charge in [-0.05, 0) is 61.5 Å². The molecule has 2 aromatic rings. The van der Waals surface area contributed by atoms with Crippen molar-refractivity contribution in [2.45, 2.75) is 31.7 Å². The molecule has 3 fully saturated rings. The highest BCUT2D eigenvalue weighted by Gasteiger charge is 2.48. The first kappa shape index (κ1) is 27.3. The third-order valence-electron chi connectivity index (χ3n) is 8.54. The fourth-order valence-corrected chi connectivity index (χ4v) is 6.37. The van der Waals surface area contributed by atoms with E-state index >= 15 is 0 Å². The lowest BCUT2D eigenvalue weighted by Gasteiger charge is -2.39. The third-order valence-corrected chi connectivity index (χ3v) is 8.54. The van der Waals surface area contributed by atoms with E-state index < -0.39 is 0 Å². The minimum absolute atomic E-state index is 0. The second-order valence-electron chi connectivity index (χ2n) is 10.6. The first-order valence-corrected chi connectivity index (χ1v) is 13.0. The molecule has 0 unspecified atom stereocenters. The molecule has 0 radical (unpaired) electrons. The van der Waals surface area contributed by atoms with Gasteiger partial charge in [0, 0.05) is 38.6 Å². The number of amides is 2. The van der Waals surface area contributed by atoms with Gasteiger partial charge in [-0.2, -0.15) is 0 Å². The Morgan fingerprint density at radius 1 is 0.946 bits per heavy atom. The van der Waals surface area contributed by atoms with Gasteiger partial charge in [0.1, 0.15) is 5.75 Å². The number of benzene rings is 2. The molecule has 3 heterocycles. The number of hydrogen-bond acceptors (Lipinski definition) is 5. The third kappa shape index (κ3) is 5.73. The van der Waals surface area contributed by atoms with Gasteiger partial charge < -0.3 is 24.2 Å². The van der Waals surface area contributed by atoms with E-state index in [2.05, 4.69) is 29.2 Å². The first-order chi connectivity index (χ1) is 17.5. The monoisotopic (exact) mass is 527 g/mol. The Morgan fingerprint density at radius 3 is 2.27 bits per heavy atom. The number of rotatable bonds is 6. The molecule has 3 aliphatic rings. The number of nitrogens with zero attached hydrogens (tertiary/aromatic N) is 3. The highest BCUT2D eigenvalue weighted by Crippen LogP contribution is 2.43. The number of methoxy groups -OCH3 is 2. The van der Waals surface area contributed by atoms with E-state index in [-0.39, 0.29) is 23.9 Å². The van der Waals surface area contributed by atoms with Crippen molar-refractivity contribution in [3.63, 3.8) is 0 Å². The summed E-state index contributed by atoms with van der Waals surface area (Å²) in [5.41, 5.74) is 2.21. The van der Waals surface area contributed by atoms with Crippen molar-refractivity contribution in [1.82, 2.24) is 14.7 Å². The van der Waals surface area contributed by atoms with Crippen LogP contribution in [0, 0.1) is 11.3 Å². The molecule has 0 aromatic heterocycles. The SMILES string of the molecule is COC(=O)N1C[C@H](CN2CCC3(CC2)CCN(Cc2ccc(OC)cc2)C3=O)[C@@H](c2ccccc2)C1.Cl. The molecule has 0 bridgehead atoms. The van der Waals surface area contributed by atoms with Gasteiger partial charge in [0.25, 0.3) is 0 Å². The molecule has 0 N–H and O–H groups in total. The van der Waals surface area contributed by atoms with Gasteiger partial charge >= 0.3 is 6.09 Å².